The molecule has 1 aromatic heterocycles. The van der Waals surface area contributed by atoms with Crippen LogP contribution in [0.1, 0.15) is 78.0 Å². The second-order valence-corrected chi connectivity index (χ2v) is 7.61. The maximum atomic E-state index is 4.73. The molecule has 1 aromatic rings. The molecule has 1 N–H and O–H groups in total. The van der Waals surface area contributed by atoms with Gasteiger partial charge in [-0.25, -0.2) is 4.98 Å². The summed E-state index contributed by atoms with van der Waals surface area (Å²) >= 11 is 0. The lowest BCUT2D eigenvalue weighted by molar-refractivity contribution is 0.311. The Morgan fingerprint density at radius 2 is 2.00 bits per heavy atom. The molecule has 0 amide bonds. The van der Waals surface area contributed by atoms with Crippen LogP contribution in [0.3, 0.4) is 0 Å². The summed E-state index contributed by atoms with van der Waals surface area (Å²) in [6.07, 6.45) is 12.1. The van der Waals surface area contributed by atoms with E-state index in [1.54, 1.807) is 0 Å². The SMILES string of the molecule is CCCn1ccnc1C1CCCCCC1CNC(C)(C)C. The minimum absolute atomic E-state index is 0.204. The first-order valence-corrected chi connectivity index (χ1v) is 8.77. The van der Waals surface area contributed by atoms with E-state index in [9.17, 15) is 0 Å². The van der Waals surface area contributed by atoms with Crippen LogP contribution < -0.4 is 5.32 Å². The lowest BCUT2D eigenvalue weighted by Gasteiger charge is -2.29. The number of hydrogen-bond donors (Lipinski definition) is 1. The molecule has 2 rings (SSSR count). The van der Waals surface area contributed by atoms with Crippen LogP contribution in [0.4, 0.5) is 0 Å². The Balaban J connectivity index is 2.13. The molecule has 1 fully saturated rings. The molecule has 0 aliphatic heterocycles. The Bertz CT molecular complexity index is 416. The van der Waals surface area contributed by atoms with Crippen molar-refractivity contribution >= 4 is 0 Å². The molecule has 0 radical (unpaired) electrons. The van der Waals surface area contributed by atoms with Gasteiger partial charge in [0.2, 0.25) is 0 Å². The van der Waals surface area contributed by atoms with Gasteiger partial charge in [0.15, 0.2) is 0 Å². The maximum Gasteiger partial charge on any atom is 0.112 e. The summed E-state index contributed by atoms with van der Waals surface area (Å²) in [4.78, 5) is 4.73. The molecule has 1 saturated carbocycles. The van der Waals surface area contributed by atoms with Gasteiger partial charge in [-0.05, 0) is 52.5 Å². The van der Waals surface area contributed by atoms with Crippen molar-refractivity contribution in [3.63, 3.8) is 0 Å². The summed E-state index contributed by atoms with van der Waals surface area (Å²) in [7, 11) is 0. The van der Waals surface area contributed by atoms with E-state index in [1.807, 2.05) is 6.20 Å². The van der Waals surface area contributed by atoms with Gasteiger partial charge in [-0.1, -0.05) is 26.2 Å². The summed E-state index contributed by atoms with van der Waals surface area (Å²) in [6, 6.07) is 0. The third kappa shape index (κ3) is 4.84. The molecule has 3 heteroatoms. The fourth-order valence-electron chi connectivity index (χ4n) is 3.49. The van der Waals surface area contributed by atoms with Crippen LogP contribution in [0.25, 0.3) is 0 Å². The summed E-state index contributed by atoms with van der Waals surface area (Å²) in [5.41, 5.74) is 0.204. The van der Waals surface area contributed by atoms with Crippen molar-refractivity contribution in [2.75, 3.05) is 6.54 Å². The van der Waals surface area contributed by atoms with Crippen LogP contribution in [0.15, 0.2) is 12.4 Å². The number of aryl methyl sites for hydroxylation is 1. The van der Waals surface area contributed by atoms with E-state index >= 15 is 0 Å². The molecule has 1 aliphatic rings. The third-order valence-corrected chi connectivity index (χ3v) is 4.60. The molecule has 1 aliphatic carbocycles. The molecule has 0 bridgehead atoms. The molecule has 0 saturated heterocycles. The van der Waals surface area contributed by atoms with Gasteiger partial charge in [0.05, 0.1) is 0 Å². The summed E-state index contributed by atoms with van der Waals surface area (Å²) in [6.45, 7) is 11.2. The van der Waals surface area contributed by atoms with Gasteiger partial charge in [0.1, 0.15) is 5.82 Å². The highest BCUT2D eigenvalue weighted by molar-refractivity contribution is 5.04. The van der Waals surface area contributed by atoms with Crippen LogP contribution >= 0.6 is 0 Å². The number of imidazole rings is 1. The second kappa shape index (κ2) is 7.44. The second-order valence-electron chi connectivity index (χ2n) is 7.61. The summed E-state index contributed by atoms with van der Waals surface area (Å²) in [5, 5.41) is 3.73. The number of rotatable bonds is 5. The van der Waals surface area contributed by atoms with E-state index in [-0.39, 0.29) is 5.54 Å². The monoisotopic (exact) mass is 291 g/mol. The lowest BCUT2D eigenvalue weighted by atomic mass is 9.86. The van der Waals surface area contributed by atoms with Crippen molar-refractivity contribution in [3.8, 4) is 0 Å². The van der Waals surface area contributed by atoms with Crippen molar-refractivity contribution in [1.82, 2.24) is 14.9 Å². The predicted octanol–water partition coefficient (Wildman–Crippen LogP) is 4.35. The standard InChI is InChI=1S/C18H33N3/c1-5-12-21-13-11-19-17(21)16-10-8-6-7-9-15(16)14-20-18(2,3)4/h11,13,15-16,20H,5-10,12,14H2,1-4H3. The van der Waals surface area contributed by atoms with Crippen molar-refractivity contribution in [2.24, 2.45) is 5.92 Å². The minimum atomic E-state index is 0.204. The minimum Gasteiger partial charge on any atom is -0.335 e. The fraction of sp³-hybridized carbons (Fsp3) is 0.833. The fourth-order valence-corrected chi connectivity index (χ4v) is 3.49. The van der Waals surface area contributed by atoms with E-state index in [4.69, 9.17) is 4.98 Å². The zero-order chi connectivity index (χ0) is 15.3. The van der Waals surface area contributed by atoms with Crippen LogP contribution in [-0.2, 0) is 6.54 Å². The predicted molar refractivity (Wildman–Crippen MR) is 89.6 cm³/mol. The van der Waals surface area contributed by atoms with Crippen LogP contribution in [-0.4, -0.2) is 21.6 Å². The average molecular weight is 291 g/mol. The molecule has 0 aromatic carbocycles. The van der Waals surface area contributed by atoms with Gasteiger partial charge in [0, 0.05) is 30.4 Å². The first-order chi connectivity index (χ1) is 10.0. The molecule has 3 nitrogen and oxygen atoms in total. The smallest absolute Gasteiger partial charge is 0.112 e. The van der Waals surface area contributed by atoms with E-state index < -0.39 is 0 Å². The number of aromatic nitrogens is 2. The quantitative estimate of drug-likeness (QED) is 0.818. The normalized spacial score (nSPS) is 24.0. The van der Waals surface area contributed by atoms with Gasteiger partial charge in [0.25, 0.3) is 0 Å². The molecule has 0 spiro atoms. The molecule has 21 heavy (non-hydrogen) atoms. The van der Waals surface area contributed by atoms with Crippen molar-refractivity contribution in [3.05, 3.63) is 18.2 Å². The summed E-state index contributed by atoms with van der Waals surface area (Å²) < 4.78 is 2.39. The highest BCUT2D eigenvalue weighted by atomic mass is 15.1. The zero-order valence-electron chi connectivity index (χ0n) is 14.4. The van der Waals surface area contributed by atoms with Crippen LogP contribution in [0, 0.1) is 5.92 Å². The first-order valence-electron chi connectivity index (χ1n) is 8.77. The average Bonchev–Trinajstić information content (AvgIpc) is 2.73. The highest BCUT2D eigenvalue weighted by Crippen LogP contribution is 2.35. The maximum absolute atomic E-state index is 4.73. The van der Waals surface area contributed by atoms with Gasteiger partial charge in [-0.3, -0.25) is 0 Å². The van der Waals surface area contributed by atoms with Gasteiger partial charge in [-0.15, -0.1) is 0 Å². The van der Waals surface area contributed by atoms with E-state index in [2.05, 4.69) is 43.8 Å². The molecular weight excluding hydrogens is 258 g/mol. The third-order valence-electron chi connectivity index (χ3n) is 4.60. The molecular formula is C18H33N3. The number of nitrogens with zero attached hydrogens (tertiary/aromatic N) is 2. The van der Waals surface area contributed by atoms with Crippen molar-refractivity contribution in [1.29, 1.82) is 0 Å². The largest absolute Gasteiger partial charge is 0.335 e. The van der Waals surface area contributed by atoms with Gasteiger partial charge >= 0.3 is 0 Å². The first kappa shape index (κ1) is 16.5. The molecule has 120 valence electrons. The number of nitrogens with one attached hydrogen (secondary N) is 1. The topological polar surface area (TPSA) is 29.9 Å². The van der Waals surface area contributed by atoms with Crippen molar-refractivity contribution < 1.29 is 0 Å². The Morgan fingerprint density at radius 1 is 1.24 bits per heavy atom. The summed E-state index contributed by atoms with van der Waals surface area (Å²) in [5.74, 6) is 2.69. The Morgan fingerprint density at radius 3 is 2.71 bits per heavy atom. The Labute approximate surface area is 130 Å². The van der Waals surface area contributed by atoms with Gasteiger partial charge in [-0.2, -0.15) is 0 Å². The highest BCUT2D eigenvalue weighted by Gasteiger charge is 2.29. The van der Waals surface area contributed by atoms with E-state index in [0.29, 0.717) is 5.92 Å². The molecule has 2 unspecified atom stereocenters. The van der Waals surface area contributed by atoms with E-state index in [1.165, 1.54) is 44.3 Å². The van der Waals surface area contributed by atoms with Gasteiger partial charge < -0.3 is 9.88 Å². The molecule has 1 heterocycles. The Kier molecular flexibility index (Phi) is 5.86. The lowest BCUT2D eigenvalue weighted by Crippen LogP contribution is -2.40. The zero-order valence-corrected chi connectivity index (χ0v) is 14.4. The Hall–Kier alpha value is -0.830. The molecule has 2 atom stereocenters. The van der Waals surface area contributed by atoms with Crippen LogP contribution in [0.5, 0.6) is 0 Å². The number of hydrogen-bond acceptors (Lipinski definition) is 2. The van der Waals surface area contributed by atoms with E-state index in [0.717, 1.165) is 19.0 Å². The van der Waals surface area contributed by atoms with Crippen LogP contribution in [0.2, 0.25) is 0 Å². The van der Waals surface area contributed by atoms with Crippen molar-refractivity contribution in [2.45, 2.75) is 84.2 Å².